The van der Waals surface area contributed by atoms with E-state index in [4.69, 9.17) is 11.6 Å². The van der Waals surface area contributed by atoms with Gasteiger partial charge in [0.05, 0.1) is 11.6 Å². The first-order chi connectivity index (χ1) is 15.2. The predicted molar refractivity (Wildman–Crippen MR) is 121 cm³/mol. The SMILES string of the molecule is Cc1ccc(CNC(=O)c2cn3c(=O)n(Cc4ccc(F)c(Cl)c4)c(=O)c(C)c3s2)cn1. The fraction of sp³-hybridized carbons (Fsp3) is 0.182. The molecule has 0 aliphatic rings. The highest BCUT2D eigenvalue weighted by atomic mass is 35.5. The van der Waals surface area contributed by atoms with Gasteiger partial charge in [-0.3, -0.25) is 23.5 Å². The number of hydrogen-bond donors (Lipinski definition) is 1. The Morgan fingerprint density at radius 2 is 1.94 bits per heavy atom. The second-order valence-electron chi connectivity index (χ2n) is 7.31. The van der Waals surface area contributed by atoms with Crippen LogP contribution in [0, 0.1) is 19.7 Å². The molecular formula is C22H18ClFN4O3S. The average molecular weight is 473 g/mol. The first kappa shape index (κ1) is 21.9. The van der Waals surface area contributed by atoms with Crippen LogP contribution in [0.1, 0.15) is 32.1 Å². The van der Waals surface area contributed by atoms with Crippen LogP contribution < -0.4 is 16.6 Å². The number of hydrogen-bond acceptors (Lipinski definition) is 5. The molecule has 32 heavy (non-hydrogen) atoms. The minimum Gasteiger partial charge on any atom is -0.347 e. The fourth-order valence-electron chi connectivity index (χ4n) is 3.20. The van der Waals surface area contributed by atoms with Gasteiger partial charge in [-0.25, -0.2) is 9.18 Å². The summed E-state index contributed by atoms with van der Waals surface area (Å²) in [7, 11) is 0. The summed E-state index contributed by atoms with van der Waals surface area (Å²) in [6.45, 7) is 3.69. The second kappa shape index (κ2) is 8.68. The second-order valence-corrected chi connectivity index (χ2v) is 8.75. The zero-order valence-corrected chi connectivity index (χ0v) is 18.8. The number of carbonyl (C=O) groups excluding carboxylic acids is 1. The number of thiazole rings is 1. The Morgan fingerprint density at radius 3 is 2.62 bits per heavy atom. The molecule has 3 aromatic heterocycles. The van der Waals surface area contributed by atoms with Crippen molar-refractivity contribution in [2.45, 2.75) is 26.9 Å². The molecule has 10 heteroatoms. The Bertz CT molecular complexity index is 1460. The van der Waals surface area contributed by atoms with E-state index >= 15 is 0 Å². The van der Waals surface area contributed by atoms with E-state index in [0.29, 0.717) is 20.8 Å². The van der Waals surface area contributed by atoms with E-state index in [1.165, 1.54) is 28.8 Å². The Hall–Kier alpha value is -3.30. The lowest BCUT2D eigenvalue weighted by atomic mass is 10.2. The number of aryl methyl sites for hydroxylation is 2. The molecule has 7 nitrogen and oxygen atoms in total. The highest BCUT2D eigenvalue weighted by Crippen LogP contribution is 2.19. The summed E-state index contributed by atoms with van der Waals surface area (Å²) in [5.74, 6) is -0.941. The van der Waals surface area contributed by atoms with Crippen molar-refractivity contribution in [3.63, 3.8) is 0 Å². The van der Waals surface area contributed by atoms with Crippen molar-refractivity contribution in [1.82, 2.24) is 19.3 Å². The molecule has 0 aliphatic heterocycles. The molecule has 164 valence electrons. The van der Waals surface area contributed by atoms with Crippen molar-refractivity contribution in [3.8, 4) is 0 Å². The third kappa shape index (κ3) is 4.21. The van der Waals surface area contributed by atoms with Crippen LogP contribution in [-0.2, 0) is 13.1 Å². The third-order valence-corrected chi connectivity index (χ3v) is 6.47. The van der Waals surface area contributed by atoms with Gasteiger partial charge >= 0.3 is 5.69 Å². The number of carbonyl (C=O) groups is 1. The Balaban J connectivity index is 1.65. The van der Waals surface area contributed by atoms with E-state index in [9.17, 15) is 18.8 Å². The molecule has 4 aromatic rings. The Morgan fingerprint density at radius 1 is 1.19 bits per heavy atom. The molecule has 0 spiro atoms. The molecule has 3 heterocycles. The largest absolute Gasteiger partial charge is 0.347 e. The quantitative estimate of drug-likeness (QED) is 0.483. The van der Waals surface area contributed by atoms with E-state index in [0.717, 1.165) is 27.2 Å². The van der Waals surface area contributed by atoms with Crippen LogP contribution in [0.3, 0.4) is 0 Å². The van der Waals surface area contributed by atoms with Gasteiger partial charge in [-0.15, -0.1) is 11.3 Å². The maximum absolute atomic E-state index is 13.4. The van der Waals surface area contributed by atoms with E-state index in [1.807, 2.05) is 19.1 Å². The number of halogens is 2. The van der Waals surface area contributed by atoms with Crippen LogP contribution >= 0.6 is 22.9 Å². The van der Waals surface area contributed by atoms with E-state index < -0.39 is 17.1 Å². The van der Waals surface area contributed by atoms with Crippen molar-refractivity contribution >= 4 is 33.7 Å². The molecule has 0 aliphatic carbocycles. The molecule has 0 atom stereocenters. The minimum atomic E-state index is -0.589. The summed E-state index contributed by atoms with van der Waals surface area (Å²) in [6, 6.07) is 7.74. The lowest BCUT2D eigenvalue weighted by Gasteiger charge is -2.08. The first-order valence-electron chi connectivity index (χ1n) is 9.64. The highest BCUT2D eigenvalue weighted by molar-refractivity contribution is 7.19. The molecule has 0 radical (unpaired) electrons. The summed E-state index contributed by atoms with van der Waals surface area (Å²) < 4.78 is 15.8. The molecule has 0 unspecified atom stereocenters. The first-order valence-corrected chi connectivity index (χ1v) is 10.8. The zero-order valence-electron chi connectivity index (χ0n) is 17.2. The van der Waals surface area contributed by atoms with Crippen molar-refractivity contribution in [1.29, 1.82) is 0 Å². The van der Waals surface area contributed by atoms with Gasteiger partial charge in [0.1, 0.15) is 15.5 Å². The van der Waals surface area contributed by atoms with Crippen molar-refractivity contribution in [2.75, 3.05) is 0 Å². The predicted octanol–water partition coefficient (Wildman–Crippen LogP) is 3.31. The molecule has 0 bridgehead atoms. The summed E-state index contributed by atoms with van der Waals surface area (Å²) in [4.78, 5) is 43.3. The Labute approximate surface area is 190 Å². The van der Waals surface area contributed by atoms with E-state index in [-0.39, 0.29) is 24.0 Å². The van der Waals surface area contributed by atoms with Crippen molar-refractivity contribution in [3.05, 3.63) is 102 Å². The van der Waals surface area contributed by atoms with Crippen molar-refractivity contribution in [2.24, 2.45) is 0 Å². The zero-order chi connectivity index (χ0) is 23.0. The van der Waals surface area contributed by atoms with Crippen LogP contribution in [0.25, 0.3) is 4.83 Å². The Kier molecular flexibility index (Phi) is 5.94. The fourth-order valence-corrected chi connectivity index (χ4v) is 4.41. The molecule has 1 aromatic carbocycles. The molecular weight excluding hydrogens is 455 g/mol. The van der Waals surface area contributed by atoms with Gasteiger partial charge in [0.15, 0.2) is 0 Å². The number of pyridine rings is 1. The minimum absolute atomic E-state index is 0.0702. The highest BCUT2D eigenvalue weighted by Gasteiger charge is 2.18. The van der Waals surface area contributed by atoms with E-state index in [2.05, 4.69) is 10.3 Å². The molecule has 4 rings (SSSR count). The van der Waals surface area contributed by atoms with Gasteiger partial charge in [-0.05, 0) is 43.2 Å². The maximum Gasteiger partial charge on any atom is 0.336 e. The molecule has 0 saturated carbocycles. The maximum atomic E-state index is 13.4. The van der Waals surface area contributed by atoms with Gasteiger partial charge in [0.25, 0.3) is 11.5 Å². The van der Waals surface area contributed by atoms with Crippen LogP contribution in [0.5, 0.6) is 0 Å². The van der Waals surface area contributed by atoms with Crippen molar-refractivity contribution < 1.29 is 9.18 Å². The average Bonchev–Trinajstić information content (AvgIpc) is 3.23. The van der Waals surface area contributed by atoms with Gasteiger partial charge in [0, 0.05) is 30.2 Å². The molecule has 1 amide bonds. The third-order valence-electron chi connectivity index (χ3n) is 4.97. The topological polar surface area (TPSA) is 85.5 Å². The van der Waals surface area contributed by atoms with Crippen LogP contribution in [0.2, 0.25) is 5.02 Å². The smallest absolute Gasteiger partial charge is 0.336 e. The monoisotopic (exact) mass is 472 g/mol. The summed E-state index contributed by atoms with van der Waals surface area (Å²) in [5, 5.41) is 2.71. The number of nitrogens with one attached hydrogen (secondary N) is 1. The van der Waals surface area contributed by atoms with Gasteiger partial charge in [0.2, 0.25) is 0 Å². The van der Waals surface area contributed by atoms with Gasteiger partial charge in [-0.2, -0.15) is 0 Å². The molecule has 0 saturated heterocycles. The van der Waals surface area contributed by atoms with Crippen LogP contribution in [0.15, 0.2) is 52.3 Å². The van der Waals surface area contributed by atoms with Gasteiger partial charge < -0.3 is 5.32 Å². The van der Waals surface area contributed by atoms with Crippen LogP contribution in [-0.4, -0.2) is 19.9 Å². The summed E-state index contributed by atoms with van der Waals surface area (Å²) >= 11 is 6.88. The lowest BCUT2D eigenvalue weighted by Crippen LogP contribution is -2.38. The normalized spacial score (nSPS) is 11.1. The number of benzene rings is 1. The molecule has 1 N–H and O–H groups in total. The standard InChI is InChI=1S/C22H18ClFN4O3S/c1-12-3-4-15(8-25-12)9-26-19(29)18-11-28-21(32-18)13(2)20(30)27(22(28)31)10-14-5-6-17(24)16(23)7-14/h3-8,11H,9-10H2,1-2H3,(H,26,29). The number of amides is 1. The summed E-state index contributed by atoms with van der Waals surface area (Å²) in [5.41, 5.74) is 1.50. The summed E-state index contributed by atoms with van der Waals surface area (Å²) in [6.07, 6.45) is 3.11. The van der Waals surface area contributed by atoms with Gasteiger partial charge in [-0.1, -0.05) is 23.7 Å². The van der Waals surface area contributed by atoms with Crippen LogP contribution in [0.4, 0.5) is 4.39 Å². The molecule has 0 fully saturated rings. The number of aromatic nitrogens is 3. The van der Waals surface area contributed by atoms with E-state index in [1.54, 1.807) is 13.1 Å². The number of nitrogens with zero attached hydrogens (tertiary/aromatic N) is 3. The number of fused-ring (bicyclic) bond motifs is 1. The lowest BCUT2D eigenvalue weighted by molar-refractivity contribution is 0.0954. The number of rotatable bonds is 5.